The summed E-state index contributed by atoms with van der Waals surface area (Å²) >= 11 is 11.8. The van der Waals surface area contributed by atoms with E-state index in [9.17, 15) is 0 Å². The van der Waals surface area contributed by atoms with Gasteiger partial charge in [-0.15, -0.1) is 12.4 Å². The molecule has 0 aromatic heterocycles. The number of nitrogens with zero attached hydrogens (tertiary/aromatic N) is 1. The summed E-state index contributed by atoms with van der Waals surface area (Å²) < 4.78 is 5.55. The molecule has 1 aromatic rings. The third kappa shape index (κ3) is 4.75. The number of amidine groups is 1. The van der Waals surface area contributed by atoms with Crippen LogP contribution in [-0.2, 0) is 0 Å². The number of benzene rings is 1. The van der Waals surface area contributed by atoms with Crippen LogP contribution in [0.15, 0.2) is 18.2 Å². The number of ether oxygens (including phenoxy) is 1. The maximum Gasteiger partial charge on any atom is 0.145 e. The molecule has 0 atom stereocenters. The summed E-state index contributed by atoms with van der Waals surface area (Å²) in [6.45, 7) is 2.16. The van der Waals surface area contributed by atoms with Gasteiger partial charge in [0.2, 0.25) is 0 Å². The highest BCUT2D eigenvalue weighted by molar-refractivity contribution is 6.35. The predicted molar refractivity (Wildman–Crippen MR) is 82.4 cm³/mol. The van der Waals surface area contributed by atoms with E-state index >= 15 is 0 Å². The molecule has 0 radical (unpaired) electrons. The molecule has 1 heterocycles. The first kappa shape index (κ1) is 16.4. The van der Waals surface area contributed by atoms with Gasteiger partial charge in [-0.1, -0.05) is 23.2 Å². The van der Waals surface area contributed by atoms with Crippen LogP contribution < -0.4 is 4.74 Å². The second-order valence-corrected chi connectivity index (χ2v) is 5.20. The zero-order valence-electron chi connectivity index (χ0n) is 10.5. The number of nitrogens with one attached hydrogen (secondary N) is 1. The number of rotatable bonds is 3. The van der Waals surface area contributed by atoms with Crippen molar-refractivity contribution in [3.05, 3.63) is 28.2 Å². The molecule has 0 bridgehead atoms. The lowest BCUT2D eigenvalue weighted by molar-refractivity contribution is 0.300. The minimum absolute atomic E-state index is 0. The minimum atomic E-state index is 0. The molecule has 6 heteroatoms. The van der Waals surface area contributed by atoms with Crippen LogP contribution in [0.1, 0.15) is 19.3 Å². The molecule has 1 aromatic carbocycles. The molecule has 1 aliphatic rings. The van der Waals surface area contributed by atoms with E-state index in [4.69, 9.17) is 33.3 Å². The van der Waals surface area contributed by atoms with Crippen LogP contribution >= 0.6 is 35.6 Å². The van der Waals surface area contributed by atoms with E-state index in [1.165, 1.54) is 6.42 Å². The molecular weight excluding hydrogens is 307 g/mol. The van der Waals surface area contributed by atoms with Crippen molar-refractivity contribution in [3.63, 3.8) is 0 Å². The van der Waals surface area contributed by atoms with Gasteiger partial charge in [0.15, 0.2) is 0 Å². The fourth-order valence-corrected chi connectivity index (χ4v) is 2.46. The van der Waals surface area contributed by atoms with E-state index in [1.54, 1.807) is 18.2 Å². The molecule has 106 valence electrons. The lowest BCUT2D eigenvalue weighted by Gasteiger charge is -2.28. The highest BCUT2D eigenvalue weighted by Gasteiger charge is 2.14. The Bertz CT molecular complexity index is 434. The molecule has 0 unspecified atom stereocenters. The average Bonchev–Trinajstić information content (AvgIpc) is 2.38. The molecule has 0 spiro atoms. The van der Waals surface area contributed by atoms with Gasteiger partial charge in [0, 0.05) is 18.1 Å². The normalized spacial score (nSPS) is 14.7. The number of piperidine rings is 1. The number of halogens is 3. The molecule has 1 aliphatic heterocycles. The summed E-state index contributed by atoms with van der Waals surface area (Å²) in [4.78, 5) is 2.06. The lowest BCUT2D eigenvalue weighted by atomic mass is 10.1. The summed E-state index contributed by atoms with van der Waals surface area (Å²) in [5.41, 5.74) is 0. The van der Waals surface area contributed by atoms with Crippen molar-refractivity contribution in [2.75, 3.05) is 19.7 Å². The monoisotopic (exact) mass is 322 g/mol. The largest absolute Gasteiger partial charge is 0.484 e. The van der Waals surface area contributed by atoms with Gasteiger partial charge in [-0.3, -0.25) is 5.41 Å². The van der Waals surface area contributed by atoms with E-state index in [0.717, 1.165) is 25.9 Å². The van der Waals surface area contributed by atoms with Crippen LogP contribution in [-0.4, -0.2) is 30.4 Å². The van der Waals surface area contributed by atoms with E-state index in [1.807, 2.05) is 0 Å². The van der Waals surface area contributed by atoms with E-state index in [0.29, 0.717) is 21.6 Å². The number of hydrogen-bond acceptors (Lipinski definition) is 2. The Balaban J connectivity index is 0.00000180. The Labute approximate surface area is 129 Å². The smallest absolute Gasteiger partial charge is 0.145 e. The van der Waals surface area contributed by atoms with Crippen molar-refractivity contribution in [2.24, 2.45) is 0 Å². The molecule has 0 amide bonds. The summed E-state index contributed by atoms with van der Waals surface area (Å²) in [7, 11) is 0. The van der Waals surface area contributed by atoms with Crippen molar-refractivity contribution < 1.29 is 4.74 Å². The third-order valence-electron chi connectivity index (χ3n) is 3.00. The molecule has 3 nitrogen and oxygen atoms in total. The highest BCUT2D eigenvalue weighted by Crippen LogP contribution is 2.27. The predicted octanol–water partition coefficient (Wildman–Crippen LogP) is 4.26. The van der Waals surface area contributed by atoms with E-state index in [2.05, 4.69) is 4.90 Å². The maximum atomic E-state index is 7.98. The molecule has 1 N–H and O–H groups in total. The van der Waals surface area contributed by atoms with Crippen LogP contribution in [0.2, 0.25) is 10.0 Å². The summed E-state index contributed by atoms with van der Waals surface area (Å²) in [5.74, 6) is 1.09. The quantitative estimate of drug-likeness (QED) is 0.666. The van der Waals surface area contributed by atoms with Gasteiger partial charge >= 0.3 is 0 Å². The van der Waals surface area contributed by atoms with Gasteiger partial charge in [0.25, 0.3) is 0 Å². The summed E-state index contributed by atoms with van der Waals surface area (Å²) in [5, 5.41) is 9.04. The van der Waals surface area contributed by atoms with Gasteiger partial charge in [-0.25, -0.2) is 0 Å². The first-order chi connectivity index (χ1) is 8.66. The fourth-order valence-electron chi connectivity index (χ4n) is 1.99. The molecule has 19 heavy (non-hydrogen) atoms. The average molecular weight is 324 g/mol. The van der Waals surface area contributed by atoms with E-state index in [-0.39, 0.29) is 19.0 Å². The Hall–Kier alpha value is -0.640. The van der Waals surface area contributed by atoms with Gasteiger partial charge in [0.05, 0.1) is 5.02 Å². The molecule has 2 rings (SSSR count). The molecule has 0 aliphatic carbocycles. The molecule has 0 saturated carbocycles. The first-order valence-corrected chi connectivity index (χ1v) is 6.82. The van der Waals surface area contributed by atoms with Crippen molar-refractivity contribution >= 4 is 41.4 Å². The lowest BCUT2D eigenvalue weighted by Crippen LogP contribution is -2.38. The van der Waals surface area contributed by atoms with Gasteiger partial charge in [-0.05, 0) is 37.5 Å². The highest BCUT2D eigenvalue weighted by atomic mass is 35.5. The van der Waals surface area contributed by atoms with Crippen LogP contribution in [0, 0.1) is 5.41 Å². The van der Waals surface area contributed by atoms with Gasteiger partial charge in [-0.2, -0.15) is 0 Å². The van der Waals surface area contributed by atoms with Crippen LogP contribution in [0.3, 0.4) is 0 Å². The zero-order chi connectivity index (χ0) is 13.0. The van der Waals surface area contributed by atoms with Crippen molar-refractivity contribution in [1.29, 1.82) is 5.41 Å². The number of likely N-dealkylation sites (tertiary alicyclic amines) is 1. The first-order valence-electron chi connectivity index (χ1n) is 6.07. The maximum absolute atomic E-state index is 7.98. The molecule has 1 saturated heterocycles. The topological polar surface area (TPSA) is 36.3 Å². The van der Waals surface area contributed by atoms with Crippen LogP contribution in [0.25, 0.3) is 0 Å². The summed E-state index contributed by atoms with van der Waals surface area (Å²) in [6.07, 6.45) is 3.57. The van der Waals surface area contributed by atoms with Crippen LogP contribution in [0.5, 0.6) is 5.75 Å². The Morgan fingerprint density at radius 2 is 1.89 bits per heavy atom. The fraction of sp³-hybridized carbons (Fsp3) is 0.462. The second-order valence-electron chi connectivity index (χ2n) is 4.36. The zero-order valence-corrected chi connectivity index (χ0v) is 12.8. The van der Waals surface area contributed by atoms with Crippen LogP contribution in [0.4, 0.5) is 0 Å². The minimum Gasteiger partial charge on any atom is -0.484 e. The third-order valence-corrected chi connectivity index (χ3v) is 3.53. The van der Waals surface area contributed by atoms with Crippen molar-refractivity contribution in [2.45, 2.75) is 19.3 Å². The standard InChI is InChI=1S/C13H16Cl2N2O.ClH/c14-10-4-5-12(11(15)8-10)18-9-13(16)17-6-2-1-3-7-17;/h4-5,8,16H,1-3,6-7,9H2;1H. The Kier molecular flexibility index (Phi) is 6.76. The Morgan fingerprint density at radius 1 is 1.21 bits per heavy atom. The summed E-state index contributed by atoms with van der Waals surface area (Å²) in [6, 6.07) is 5.10. The van der Waals surface area contributed by atoms with Crippen molar-refractivity contribution in [3.8, 4) is 5.75 Å². The van der Waals surface area contributed by atoms with Gasteiger partial charge in [0.1, 0.15) is 18.2 Å². The molecular formula is C13H17Cl3N2O. The van der Waals surface area contributed by atoms with Gasteiger partial charge < -0.3 is 9.64 Å². The number of hydrogen-bond donors (Lipinski definition) is 1. The van der Waals surface area contributed by atoms with E-state index < -0.39 is 0 Å². The SMILES string of the molecule is Cl.N=C(COc1ccc(Cl)cc1Cl)N1CCCCC1. The Morgan fingerprint density at radius 3 is 2.53 bits per heavy atom. The second kappa shape index (κ2) is 7.83. The van der Waals surface area contributed by atoms with Crippen molar-refractivity contribution in [1.82, 2.24) is 4.90 Å². The molecule has 1 fully saturated rings.